The molecule has 21 N–H and O–H groups in total. The Balaban J connectivity index is 1.32. The molecule has 0 saturated heterocycles. The fourth-order valence-electron chi connectivity index (χ4n) is 10.5. The summed E-state index contributed by atoms with van der Waals surface area (Å²) in [6.07, 6.45) is 3.52. The maximum Gasteiger partial charge on any atom is 0.252 e. The lowest BCUT2D eigenvalue weighted by molar-refractivity contribution is -0.135. The van der Waals surface area contributed by atoms with Gasteiger partial charge in [-0.25, -0.2) is 0 Å². The van der Waals surface area contributed by atoms with Crippen molar-refractivity contribution in [3.8, 4) is 0 Å². The molecule has 6 rings (SSSR count). The number of hydrogen-bond acceptors (Lipinski definition) is 15. The molecule has 440 valence electrons. The summed E-state index contributed by atoms with van der Waals surface area (Å²) in [7, 11) is 0. The molecule has 0 unspecified atom stereocenters. The van der Waals surface area contributed by atoms with Gasteiger partial charge in [0.25, 0.3) is 17.7 Å². The van der Waals surface area contributed by atoms with Crippen LogP contribution in [0.1, 0.15) is 98.1 Å². The number of Topliss-reactive ketones (excluding diaryl/α,β-unsaturated/α-hetero) is 3. The van der Waals surface area contributed by atoms with E-state index in [0.717, 1.165) is 33.4 Å². The Hall–Kier alpha value is -7.62. The van der Waals surface area contributed by atoms with Gasteiger partial charge in [0.2, 0.25) is 0 Å². The van der Waals surface area contributed by atoms with Gasteiger partial charge in [-0.15, -0.1) is 0 Å². The topological polar surface area (TPSA) is 373 Å². The van der Waals surface area contributed by atoms with E-state index in [1.54, 1.807) is 36.4 Å². The van der Waals surface area contributed by atoms with Gasteiger partial charge in [-0.3, -0.25) is 28.8 Å². The molecule has 83 heavy (non-hydrogen) atoms. The molecule has 0 aliphatic heterocycles. The molecule has 3 amide bonds. The van der Waals surface area contributed by atoms with Crippen LogP contribution in [0, 0.1) is 0 Å². The third kappa shape index (κ3) is 16.3. The number of rotatable bonds is 33. The smallest absolute Gasteiger partial charge is 0.252 e. The van der Waals surface area contributed by atoms with Crippen LogP contribution in [0.4, 0.5) is 17.1 Å². The third-order valence-corrected chi connectivity index (χ3v) is 15.7. The monoisotopic (exact) mass is 1130 g/mol. The van der Waals surface area contributed by atoms with Crippen molar-refractivity contribution in [3.05, 3.63) is 197 Å². The van der Waals surface area contributed by atoms with Crippen molar-refractivity contribution in [1.82, 2.24) is 0 Å². The molecule has 0 spiro atoms. The van der Waals surface area contributed by atoms with Crippen LogP contribution in [0.2, 0.25) is 0 Å². The number of ketones is 3. The van der Waals surface area contributed by atoms with Crippen LogP contribution < -0.4 is 67.6 Å². The zero-order valence-electron chi connectivity index (χ0n) is 47.6. The molecule has 0 aliphatic carbocycles. The lowest BCUT2D eigenvalue weighted by Gasteiger charge is -2.33. The average Bonchev–Trinajstić information content (AvgIpc) is 3.25. The minimum absolute atomic E-state index is 0.0255. The van der Waals surface area contributed by atoms with Crippen LogP contribution in [0.3, 0.4) is 0 Å². The third-order valence-electron chi connectivity index (χ3n) is 15.7. The Morgan fingerprint density at radius 2 is 0.590 bits per heavy atom. The van der Waals surface area contributed by atoms with Crippen LogP contribution in [0.25, 0.3) is 0 Å². The van der Waals surface area contributed by atoms with Crippen LogP contribution in [-0.4, -0.2) is 89.4 Å². The fraction of sp³-hybridized carbons (Fsp3) is 0.354. The number of unbranched alkanes of at least 4 members (excludes halogenated alkanes) is 3. The van der Waals surface area contributed by atoms with E-state index in [2.05, 4.69) is 16.0 Å². The Labute approximate surface area is 487 Å². The Morgan fingerprint density at radius 1 is 0.361 bits per heavy atom. The van der Waals surface area contributed by atoms with E-state index in [4.69, 9.17) is 51.6 Å². The quantitative estimate of drug-likeness (QED) is 0.0150. The first kappa shape index (κ1) is 64.5. The van der Waals surface area contributed by atoms with Crippen molar-refractivity contribution in [2.45, 2.75) is 124 Å². The number of hydrogen-bond donors (Lipinski definition) is 12. The summed E-state index contributed by atoms with van der Waals surface area (Å²) in [6.45, 7) is 3.04. The number of nitrogens with two attached hydrogens (primary N) is 9. The van der Waals surface area contributed by atoms with E-state index in [1.807, 2.05) is 134 Å². The molecule has 6 atom stereocenters. The second kappa shape index (κ2) is 30.1. The molecule has 0 heterocycles. The standard InChI is InChI=1S/C65H84N12O6/c1-62(47-23-29-50(30-24-47)75-59(81)63(72,35-11-14-38-66)56(78)53(69)41-44-17-5-2-6-18-44,48-25-31-51(32-26-48)76-60(82)64(73,36-12-15-39-67)57(79)54(70)42-45-19-7-3-8-20-45)49-27-33-52(34-28-49)77-61(83)65(74,37-13-16-40-68)58(80)55(71)43-46-21-9-4-10-22-46/h2-10,17-34,53-55H,11-16,35-43,66-74H2,1H3,(H,75,81)(H,76,82)(H,77,83)/t53-,54-,55-,63+,64+,65+/m0/s1. The van der Waals surface area contributed by atoms with Gasteiger partial charge in [0.1, 0.15) is 0 Å². The SMILES string of the molecule is CC(c1ccc(NC(=O)[C@@](N)(CCCCN)C(=O)[C@@H](N)Cc2ccccc2)cc1)(c1ccc(NC(=O)[C@@](N)(CCCCN)C(=O)[C@@H](N)Cc2ccccc2)cc1)c1ccc(NC(=O)[C@@](N)(CCCCN)C(=O)[C@@H](N)Cc2ccccc2)cc1. The first-order valence-corrected chi connectivity index (χ1v) is 28.5. The van der Waals surface area contributed by atoms with Gasteiger partial charge >= 0.3 is 0 Å². The Kier molecular flexibility index (Phi) is 23.4. The molecule has 18 nitrogen and oxygen atoms in total. The van der Waals surface area contributed by atoms with Gasteiger partial charge in [0.15, 0.2) is 34.0 Å². The van der Waals surface area contributed by atoms with Crippen molar-refractivity contribution < 1.29 is 28.8 Å². The fourth-order valence-corrected chi connectivity index (χ4v) is 10.5. The average molecular weight is 1130 g/mol. The Morgan fingerprint density at radius 3 is 0.807 bits per heavy atom. The van der Waals surface area contributed by atoms with E-state index in [0.29, 0.717) is 75.2 Å². The predicted octanol–water partition coefficient (Wildman–Crippen LogP) is 4.75. The molecular formula is C65H84N12O6. The second-order valence-electron chi connectivity index (χ2n) is 21.9. The van der Waals surface area contributed by atoms with Crippen molar-refractivity contribution in [1.29, 1.82) is 0 Å². The summed E-state index contributed by atoms with van der Waals surface area (Å²) >= 11 is 0. The molecular weight excluding hydrogens is 1040 g/mol. The van der Waals surface area contributed by atoms with Gasteiger partial charge in [-0.1, -0.05) is 127 Å². The van der Waals surface area contributed by atoms with Crippen LogP contribution >= 0.6 is 0 Å². The van der Waals surface area contributed by atoms with E-state index in [-0.39, 0.29) is 38.5 Å². The van der Waals surface area contributed by atoms with E-state index < -0.39 is 75.2 Å². The molecule has 6 aromatic carbocycles. The summed E-state index contributed by atoms with van der Waals surface area (Å²) in [6, 6.07) is 45.9. The first-order valence-electron chi connectivity index (χ1n) is 28.5. The second-order valence-corrected chi connectivity index (χ2v) is 21.9. The molecule has 0 saturated carbocycles. The number of carbonyl (C=O) groups is 6. The normalized spacial score (nSPS) is 14.8. The summed E-state index contributed by atoms with van der Waals surface area (Å²) in [5.74, 6) is -3.92. The largest absolute Gasteiger partial charge is 0.330 e. The zero-order chi connectivity index (χ0) is 60.2. The highest BCUT2D eigenvalue weighted by Gasteiger charge is 2.46. The highest BCUT2D eigenvalue weighted by molar-refractivity contribution is 6.18. The van der Waals surface area contributed by atoms with Crippen LogP contribution in [0.15, 0.2) is 164 Å². The number of benzene rings is 6. The summed E-state index contributed by atoms with van der Waals surface area (Å²) in [4.78, 5) is 84.9. The zero-order valence-corrected chi connectivity index (χ0v) is 47.6. The number of carbonyl (C=O) groups excluding carboxylic acids is 6. The molecule has 0 aliphatic rings. The number of anilines is 3. The Bertz CT molecular complexity index is 2750. The maximum absolute atomic E-state index is 14.2. The van der Waals surface area contributed by atoms with Crippen molar-refractivity contribution in [2.75, 3.05) is 35.6 Å². The highest BCUT2D eigenvalue weighted by Crippen LogP contribution is 2.40. The lowest BCUT2D eigenvalue weighted by atomic mass is 9.71. The summed E-state index contributed by atoms with van der Waals surface area (Å²) in [5.41, 5.74) is 56.0. The molecule has 0 fully saturated rings. The van der Waals surface area contributed by atoms with Gasteiger partial charge in [-0.05, 0) is 173 Å². The van der Waals surface area contributed by atoms with Gasteiger partial charge in [0, 0.05) is 22.5 Å². The molecule has 0 radical (unpaired) electrons. The molecule has 6 aromatic rings. The lowest BCUT2D eigenvalue weighted by Crippen LogP contribution is -2.62. The van der Waals surface area contributed by atoms with Gasteiger partial charge < -0.3 is 67.6 Å². The highest BCUT2D eigenvalue weighted by atomic mass is 16.2. The number of nitrogens with one attached hydrogen (secondary N) is 3. The van der Waals surface area contributed by atoms with Crippen LogP contribution in [-0.2, 0) is 53.4 Å². The van der Waals surface area contributed by atoms with E-state index >= 15 is 0 Å². The minimum atomic E-state index is -1.96. The predicted molar refractivity (Wildman–Crippen MR) is 330 cm³/mol. The van der Waals surface area contributed by atoms with Crippen molar-refractivity contribution in [3.63, 3.8) is 0 Å². The van der Waals surface area contributed by atoms with Crippen molar-refractivity contribution >= 4 is 52.1 Å². The van der Waals surface area contributed by atoms with E-state index in [9.17, 15) is 28.8 Å². The summed E-state index contributed by atoms with van der Waals surface area (Å²) < 4.78 is 0. The van der Waals surface area contributed by atoms with E-state index in [1.165, 1.54) is 0 Å². The number of amides is 3. The van der Waals surface area contributed by atoms with Gasteiger partial charge in [0.05, 0.1) is 18.1 Å². The maximum atomic E-state index is 14.2. The van der Waals surface area contributed by atoms with Crippen molar-refractivity contribution in [2.24, 2.45) is 51.6 Å². The summed E-state index contributed by atoms with van der Waals surface area (Å²) in [5, 5.41) is 8.64. The minimum Gasteiger partial charge on any atom is -0.330 e. The van der Waals surface area contributed by atoms with Crippen LogP contribution in [0.5, 0.6) is 0 Å². The van der Waals surface area contributed by atoms with Gasteiger partial charge in [-0.2, -0.15) is 0 Å². The molecule has 0 aromatic heterocycles. The molecule has 0 bridgehead atoms. The molecule has 18 heteroatoms. The first-order chi connectivity index (χ1) is 39.7.